The number of hydrogen-bond donors (Lipinski definition) is 2. The van der Waals surface area contributed by atoms with E-state index in [0.29, 0.717) is 13.0 Å². The standard InChI is InChI=1S/C15H22N2O2/c1-16-8-2-5-15(18)17-11-12-6-7-14-13(10-12)4-3-9-19-14/h6-7,10,16H,2-5,8-9,11H2,1H3,(H,17,18). The van der Waals surface area contributed by atoms with Crippen LogP contribution in [-0.4, -0.2) is 26.1 Å². The van der Waals surface area contributed by atoms with Crippen LogP contribution in [0.3, 0.4) is 0 Å². The molecule has 2 rings (SSSR count). The highest BCUT2D eigenvalue weighted by Crippen LogP contribution is 2.25. The van der Waals surface area contributed by atoms with Crippen LogP contribution in [0.1, 0.15) is 30.4 Å². The molecule has 0 unspecified atom stereocenters. The maximum Gasteiger partial charge on any atom is 0.220 e. The summed E-state index contributed by atoms with van der Waals surface area (Å²) in [6.07, 6.45) is 3.60. The van der Waals surface area contributed by atoms with E-state index in [1.165, 1.54) is 5.56 Å². The molecule has 19 heavy (non-hydrogen) atoms. The molecule has 0 fully saturated rings. The molecular formula is C15H22N2O2. The van der Waals surface area contributed by atoms with Crippen molar-refractivity contribution >= 4 is 5.91 Å². The van der Waals surface area contributed by atoms with E-state index in [-0.39, 0.29) is 5.91 Å². The first-order valence-corrected chi connectivity index (χ1v) is 6.95. The Labute approximate surface area is 114 Å². The molecule has 1 aliphatic heterocycles. The van der Waals surface area contributed by atoms with Crippen molar-refractivity contribution in [2.45, 2.75) is 32.2 Å². The molecule has 0 bridgehead atoms. The fourth-order valence-corrected chi connectivity index (χ4v) is 2.24. The summed E-state index contributed by atoms with van der Waals surface area (Å²) in [5, 5.41) is 5.99. The van der Waals surface area contributed by atoms with E-state index in [1.807, 2.05) is 19.2 Å². The Morgan fingerprint density at radius 2 is 2.32 bits per heavy atom. The molecule has 1 aliphatic rings. The summed E-state index contributed by atoms with van der Waals surface area (Å²) in [5.41, 5.74) is 2.40. The number of nitrogens with one attached hydrogen (secondary N) is 2. The molecule has 0 saturated carbocycles. The van der Waals surface area contributed by atoms with Crippen LogP contribution >= 0.6 is 0 Å². The number of amides is 1. The zero-order valence-corrected chi connectivity index (χ0v) is 11.5. The molecular weight excluding hydrogens is 240 g/mol. The number of aryl methyl sites for hydroxylation is 1. The first-order valence-electron chi connectivity index (χ1n) is 6.95. The minimum absolute atomic E-state index is 0.115. The molecule has 0 saturated heterocycles. The predicted molar refractivity (Wildman–Crippen MR) is 75.3 cm³/mol. The number of carbonyl (C=O) groups excluding carboxylic acids is 1. The molecule has 104 valence electrons. The third-order valence-electron chi connectivity index (χ3n) is 3.29. The van der Waals surface area contributed by atoms with Crippen LogP contribution in [0.2, 0.25) is 0 Å². The van der Waals surface area contributed by atoms with E-state index in [1.54, 1.807) is 0 Å². The molecule has 4 heteroatoms. The van der Waals surface area contributed by atoms with Crippen molar-refractivity contribution in [2.24, 2.45) is 0 Å². The first kappa shape index (κ1) is 13.9. The quantitative estimate of drug-likeness (QED) is 0.766. The molecule has 0 aromatic heterocycles. The van der Waals surface area contributed by atoms with Crippen LogP contribution in [0.15, 0.2) is 18.2 Å². The van der Waals surface area contributed by atoms with Crippen molar-refractivity contribution in [2.75, 3.05) is 20.2 Å². The fraction of sp³-hybridized carbons (Fsp3) is 0.533. The summed E-state index contributed by atoms with van der Waals surface area (Å²) in [6, 6.07) is 6.18. The van der Waals surface area contributed by atoms with E-state index in [0.717, 1.165) is 43.7 Å². The van der Waals surface area contributed by atoms with E-state index >= 15 is 0 Å². The van der Waals surface area contributed by atoms with Gasteiger partial charge in [0, 0.05) is 13.0 Å². The van der Waals surface area contributed by atoms with Crippen molar-refractivity contribution in [1.82, 2.24) is 10.6 Å². The van der Waals surface area contributed by atoms with Crippen LogP contribution in [0.5, 0.6) is 5.75 Å². The minimum Gasteiger partial charge on any atom is -0.493 e. The summed E-state index contributed by atoms with van der Waals surface area (Å²) in [6.45, 7) is 2.30. The van der Waals surface area contributed by atoms with Crippen molar-refractivity contribution in [3.05, 3.63) is 29.3 Å². The molecule has 2 N–H and O–H groups in total. The van der Waals surface area contributed by atoms with Gasteiger partial charge in [0.1, 0.15) is 5.75 Å². The normalized spacial score (nSPS) is 13.5. The number of ether oxygens (including phenoxy) is 1. The lowest BCUT2D eigenvalue weighted by molar-refractivity contribution is -0.121. The van der Waals surface area contributed by atoms with Gasteiger partial charge in [-0.3, -0.25) is 4.79 Å². The molecule has 0 radical (unpaired) electrons. The number of rotatable bonds is 6. The molecule has 0 atom stereocenters. The van der Waals surface area contributed by atoms with Crippen LogP contribution < -0.4 is 15.4 Å². The van der Waals surface area contributed by atoms with Crippen LogP contribution in [-0.2, 0) is 17.8 Å². The van der Waals surface area contributed by atoms with Gasteiger partial charge in [-0.05, 0) is 50.0 Å². The summed E-state index contributed by atoms with van der Waals surface area (Å²) >= 11 is 0. The Balaban J connectivity index is 1.81. The predicted octanol–water partition coefficient (Wildman–Crippen LogP) is 1.63. The fourth-order valence-electron chi connectivity index (χ4n) is 2.24. The SMILES string of the molecule is CNCCCC(=O)NCc1ccc2c(c1)CCCO2. The van der Waals surface area contributed by atoms with E-state index in [9.17, 15) is 4.79 Å². The number of hydrogen-bond acceptors (Lipinski definition) is 3. The second-order valence-corrected chi connectivity index (χ2v) is 4.88. The van der Waals surface area contributed by atoms with Gasteiger partial charge in [-0.1, -0.05) is 12.1 Å². The largest absolute Gasteiger partial charge is 0.493 e. The van der Waals surface area contributed by atoms with Gasteiger partial charge in [0.2, 0.25) is 5.91 Å². The highest BCUT2D eigenvalue weighted by molar-refractivity contribution is 5.75. The van der Waals surface area contributed by atoms with E-state index < -0.39 is 0 Å². The third-order valence-corrected chi connectivity index (χ3v) is 3.29. The Morgan fingerprint density at radius 3 is 3.16 bits per heavy atom. The summed E-state index contributed by atoms with van der Waals surface area (Å²) in [7, 11) is 1.90. The molecule has 0 spiro atoms. The maximum absolute atomic E-state index is 11.6. The second-order valence-electron chi connectivity index (χ2n) is 4.88. The first-order chi connectivity index (χ1) is 9.29. The Kier molecular flexibility index (Phi) is 5.21. The lowest BCUT2D eigenvalue weighted by atomic mass is 10.0. The average molecular weight is 262 g/mol. The van der Waals surface area contributed by atoms with Gasteiger partial charge >= 0.3 is 0 Å². The minimum atomic E-state index is 0.115. The highest BCUT2D eigenvalue weighted by Gasteiger charge is 2.10. The number of benzene rings is 1. The zero-order chi connectivity index (χ0) is 13.5. The molecule has 1 aromatic carbocycles. The van der Waals surface area contributed by atoms with Gasteiger partial charge in [-0.25, -0.2) is 0 Å². The highest BCUT2D eigenvalue weighted by atomic mass is 16.5. The van der Waals surface area contributed by atoms with Crippen molar-refractivity contribution in [1.29, 1.82) is 0 Å². The van der Waals surface area contributed by atoms with Gasteiger partial charge in [-0.2, -0.15) is 0 Å². The molecule has 4 nitrogen and oxygen atoms in total. The summed E-state index contributed by atoms with van der Waals surface area (Å²) in [5.74, 6) is 1.11. The summed E-state index contributed by atoms with van der Waals surface area (Å²) in [4.78, 5) is 11.6. The molecule has 1 amide bonds. The molecule has 1 aromatic rings. The third kappa shape index (κ3) is 4.24. The zero-order valence-electron chi connectivity index (χ0n) is 11.5. The van der Waals surface area contributed by atoms with E-state index in [4.69, 9.17) is 4.74 Å². The Hall–Kier alpha value is -1.55. The molecule has 0 aliphatic carbocycles. The van der Waals surface area contributed by atoms with Gasteiger partial charge in [0.25, 0.3) is 0 Å². The van der Waals surface area contributed by atoms with Gasteiger partial charge in [0.05, 0.1) is 6.61 Å². The lowest BCUT2D eigenvalue weighted by Gasteiger charge is -2.18. The summed E-state index contributed by atoms with van der Waals surface area (Å²) < 4.78 is 5.58. The maximum atomic E-state index is 11.6. The monoisotopic (exact) mass is 262 g/mol. The second kappa shape index (κ2) is 7.14. The Morgan fingerprint density at radius 1 is 1.42 bits per heavy atom. The van der Waals surface area contributed by atoms with Gasteiger partial charge in [-0.15, -0.1) is 0 Å². The average Bonchev–Trinajstić information content (AvgIpc) is 2.45. The van der Waals surface area contributed by atoms with Crippen LogP contribution in [0.4, 0.5) is 0 Å². The van der Waals surface area contributed by atoms with Crippen molar-refractivity contribution < 1.29 is 9.53 Å². The van der Waals surface area contributed by atoms with Crippen LogP contribution in [0, 0.1) is 0 Å². The van der Waals surface area contributed by atoms with E-state index in [2.05, 4.69) is 16.7 Å². The lowest BCUT2D eigenvalue weighted by Crippen LogP contribution is -2.23. The van der Waals surface area contributed by atoms with Gasteiger partial charge in [0.15, 0.2) is 0 Å². The van der Waals surface area contributed by atoms with Crippen LogP contribution in [0.25, 0.3) is 0 Å². The smallest absolute Gasteiger partial charge is 0.220 e. The number of fused-ring (bicyclic) bond motifs is 1. The van der Waals surface area contributed by atoms with Crippen molar-refractivity contribution in [3.8, 4) is 5.75 Å². The molecule has 1 heterocycles. The topological polar surface area (TPSA) is 50.4 Å². The van der Waals surface area contributed by atoms with Crippen molar-refractivity contribution in [3.63, 3.8) is 0 Å². The Bertz CT molecular complexity index is 432. The number of carbonyl (C=O) groups is 1. The van der Waals surface area contributed by atoms with Gasteiger partial charge < -0.3 is 15.4 Å².